The van der Waals surface area contributed by atoms with E-state index in [-0.39, 0.29) is 5.56 Å². The first-order chi connectivity index (χ1) is 9.49. The normalized spacial score (nSPS) is 11.1. The molecule has 6 nitrogen and oxygen atoms in total. The molecule has 108 valence electrons. The van der Waals surface area contributed by atoms with Crippen molar-refractivity contribution >= 4 is 5.82 Å². The van der Waals surface area contributed by atoms with Crippen LogP contribution in [0.25, 0.3) is 0 Å². The Labute approximate surface area is 118 Å². The summed E-state index contributed by atoms with van der Waals surface area (Å²) in [4.78, 5) is 16.4. The van der Waals surface area contributed by atoms with E-state index in [1.54, 1.807) is 23.2 Å². The van der Waals surface area contributed by atoms with E-state index < -0.39 is 0 Å². The van der Waals surface area contributed by atoms with Crippen LogP contribution in [0, 0.1) is 12.8 Å². The third-order valence-corrected chi connectivity index (χ3v) is 3.26. The van der Waals surface area contributed by atoms with Crippen molar-refractivity contribution in [1.29, 1.82) is 0 Å². The monoisotopic (exact) mass is 275 g/mol. The highest BCUT2D eigenvalue weighted by atomic mass is 16.1. The van der Waals surface area contributed by atoms with Crippen molar-refractivity contribution in [3.05, 3.63) is 40.2 Å². The smallest absolute Gasteiger partial charge is 0.293 e. The Morgan fingerprint density at radius 2 is 2.15 bits per heavy atom. The number of aryl methyl sites for hydroxylation is 1. The van der Waals surface area contributed by atoms with Crippen LogP contribution in [0.5, 0.6) is 0 Å². The van der Waals surface area contributed by atoms with E-state index in [0.29, 0.717) is 24.8 Å². The zero-order valence-electron chi connectivity index (χ0n) is 12.4. The molecule has 0 atom stereocenters. The minimum Gasteiger partial charge on any atom is -0.361 e. The Morgan fingerprint density at radius 1 is 1.40 bits per heavy atom. The molecule has 2 heterocycles. The lowest BCUT2D eigenvalue weighted by molar-refractivity contribution is 0.509. The van der Waals surface area contributed by atoms with E-state index in [0.717, 1.165) is 11.3 Å². The molecule has 0 saturated carbocycles. The summed E-state index contributed by atoms with van der Waals surface area (Å²) >= 11 is 0. The van der Waals surface area contributed by atoms with Gasteiger partial charge in [-0.1, -0.05) is 13.8 Å². The number of nitrogens with one attached hydrogen (secondary N) is 1. The van der Waals surface area contributed by atoms with Crippen LogP contribution in [0.4, 0.5) is 5.82 Å². The van der Waals surface area contributed by atoms with Gasteiger partial charge in [0.1, 0.15) is 0 Å². The van der Waals surface area contributed by atoms with Gasteiger partial charge >= 0.3 is 0 Å². The first kappa shape index (κ1) is 14.3. The molecule has 0 aromatic carbocycles. The molecular formula is C14H21N5O. The molecule has 20 heavy (non-hydrogen) atoms. The van der Waals surface area contributed by atoms with Gasteiger partial charge in [0.15, 0.2) is 5.82 Å². The SMILES string of the molecule is Cc1c(CNc2nccn(CC(C)C)c2=O)cnn1C. The molecule has 0 unspecified atom stereocenters. The van der Waals surface area contributed by atoms with E-state index in [9.17, 15) is 4.79 Å². The predicted molar refractivity (Wildman–Crippen MR) is 78.6 cm³/mol. The maximum atomic E-state index is 12.2. The molecule has 2 rings (SSSR count). The molecule has 0 aliphatic heterocycles. The Bertz CT molecular complexity index is 641. The summed E-state index contributed by atoms with van der Waals surface area (Å²) < 4.78 is 3.50. The minimum absolute atomic E-state index is 0.0808. The van der Waals surface area contributed by atoms with Gasteiger partial charge in [0, 0.05) is 43.8 Å². The molecule has 0 fully saturated rings. The van der Waals surface area contributed by atoms with Crippen LogP contribution in [-0.4, -0.2) is 19.3 Å². The lowest BCUT2D eigenvalue weighted by Crippen LogP contribution is -2.25. The van der Waals surface area contributed by atoms with E-state index in [4.69, 9.17) is 0 Å². The number of nitrogens with zero attached hydrogens (tertiary/aromatic N) is 4. The van der Waals surface area contributed by atoms with Gasteiger partial charge in [0.2, 0.25) is 0 Å². The van der Waals surface area contributed by atoms with Gasteiger partial charge in [-0.3, -0.25) is 9.48 Å². The quantitative estimate of drug-likeness (QED) is 0.899. The zero-order valence-corrected chi connectivity index (χ0v) is 12.4. The van der Waals surface area contributed by atoms with Crippen LogP contribution < -0.4 is 10.9 Å². The highest BCUT2D eigenvalue weighted by molar-refractivity contribution is 5.33. The second-order valence-electron chi connectivity index (χ2n) is 5.36. The molecule has 0 spiro atoms. The minimum atomic E-state index is -0.0808. The molecule has 0 saturated heterocycles. The molecular weight excluding hydrogens is 254 g/mol. The summed E-state index contributed by atoms with van der Waals surface area (Å²) in [5, 5.41) is 7.28. The average molecular weight is 275 g/mol. The fourth-order valence-corrected chi connectivity index (χ4v) is 2.00. The summed E-state index contributed by atoms with van der Waals surface area (Å²) in [5.41, 5.74) is 2.06. The largest absolute Gasteiger partial charge is 0.361 e. The maximum absolute atomic E-state index is 12.2. The Hall–Kier alpha value is -2.11. The van der Waals surface area contributed by atoms with Crippen LogP contribution in [0.15, 0.2) is 23.4 Å². The summed E-state index contributed by atoms with van der Waals surface area (Å²) in [5.74, 6) is 0.805. The first-order valence-corrected chi connectivity index (χ1v) is 6.76. The zero-order chi connectivity index (χ0) is 14.7. The van der Waals surface area contributed by atoms with Gasteiger partial charge in [-0.2, -0.15) is 5.10 Å². The lowest BCUT2D eigenvalue weighted by atomic mass is 10.2. The van der Waals surface area contributed by atoms with Gasteiger partial charge in [0.25, 0.3) is 5.56 Å². The van der Waals surface area contributed by atoms with Gasteiger partial charge in [-0.25, -0.2) is 4.98 Å². The Balaban J connectivity index is 2.14. The van der Waals surface area contributed by atoms with Gasteiger partial charge in [0.05, 0.1) is 6.20 Å². The molecule has 0 amide bonds. The first-order valence-electron chi connectivity index (χ1n) is 6.76. The van der Waals surface area contributed by atoms with Crippen molar-refractivity contribution in [2.45, 2.75) is 33.9 Å². The maximum Gasteiger partial charge on any atom is 0.293 e. The molecule has 1 N–H and O–H groups in total. The van der Waals surface area contributed by atoms with Crippen LogP contribution >= 0.6 is 0 Å². The molecule has 2 aromatic rings. The van der Waals surface area contributed by atoms with Crippen LogP contribution in [0.3, 0.4) is 0 Å². The lowest BCUT2D eigenvalue weighted by Gasteiger charge is -2.10. The van der Waals surface area contributed by atoms with Crippen molar-refractivity contribution in [3.8, 4) is 0 Å². The third-order valence-electron chi connectivity index (χ3n) is 3.26. The summed E-state index contributed by atoms with van der Waals surface area (Å²) in [7, 11) is 1.90. The molecule has 6 heteroatoms. The molecule has 2 aromatic heterocycles. The van der Waals surface area contributed by atoms with Crippen LogP contribution in [0.1, 0.15) is 25.1 Å². The number of anilines is 1. The van der Waals surface area contributed by atoms with Crippen LogP contribution in [0.2, 0.25) is 0 Å². The number of aromatic nitrogens is 4. The summed E-state index contributed by atoms with van der Waals surface area (Å²) in [6.07, 6.45) is 5.18. The van der Waals surface area contributed by atoms with Gasteiger partial charge in [-0.05, 0) is 12.8 Å². The Morgan fingerprint density at radius 3 is 2.75 bits per heavy atom. The summed E-state index contributed by atoms with van der Waals surface area (Å²) in [6, 6.07) is 0. The number of hydrogen-bond acceptors (Lipinski definition) is 4. The van der Waals surface area contributed by atoms with E-state index >= 15 is 0 Å². The third kappa shape index (κ3) is 3.07. The second-order valence-corrected chi connectivity index (χ2v) is 5.36. The fraction of sp³-hybridized carbons (Fsp3) is 0.500. The topological polar surface area (TPSA) is 64.7 Å². The fourth-order valence-electron chi connectivity index (χ4n) is 2.00. The highest BCUT2D eigenvalue weighted by Gasteiger charge is 2.08. The Kier molecular flexibility index (Phi) is 4.22. The molecule has 0 radical (unpaired) electrons. The van der Waals surface area contributed by atoms with Crippen molar-refractivity contribution in [1.82, 2.24) is 19.3 Å². The van der Waals surface area contributed by atoms with E-state index in [1.165, 1.54) is 0 Å². The molecule has 0 bridgehead atoms. The van der Waals surface area contributed by atoms with Crippen molar-refractivity contribution in [3.63, 3.8) is 0 Å². The predicted octanol–water partition coefficient (Wildman–Crippen LogP) is 1.55. The standard InChI is InChI=1S/C14H21N5O/c1-10(2)9-19-6-5-15-13(14(19)20)16-7-12-8-17-18(4)11(12)3/h5-6,8,10H,7,9H2,1-4H3,(H,15,16). The van der Waals surface area contributed by atoms with Crippen molar-refractivity contribution in [2.24, 2.45) is 13.0 Å². The number of hydrogen-bond donors (Lipinski definition) is 1. The van der Waals surface area contributed by atoms with Gasteiger partial charge < -0.3 is 9.88 Å². The average Bonchev–Trinajstić information content (AvgIpc) is 2.71. The molecule has 0 aliphatic carbocycles. The van der Waals surface area contributed by atoms with E-state index in [1.807, 2.05) is 18.7 Å². The van der Waals surface area contributed by atoms with Crippen LogP contribution in [-0.2, 0) is 20.1 Å². The molecule has 0 aliphatic rings. The van der Waals surface area contributed by atoms with E-state index in [2.05, 4.69) is 29.2 Å². The van der Waals surface area contributed by atoms with Gasteiger partial charge in [-0.15, -0.1) is 0 Å². The highest BCUT2D eigenvalue weighted by Crippen LogP contribution is 2.07. The second kappa shape index (κ2) is 5.90. The van der Waals surface area contributed by atoms with Crippen molar-refractivity contribution in [2.75, 3.05) is 5.32 Å². The number of rotatable bonds is 5. The van der Waals surface area contributed by atoms with Crippen molar-refractivity contribution < 1.29 is 0 Å². The summed E-state index contributed by atoms with van der Waals surface area (Å²) in [6.45, 7) is 7.41.